The highest BCUT2D eigenvalue weighted by Crippen LogP contribution is 2.45. The van der Waals surface area contributed by atoms with Gasteiger partial charge in [-0.1, -0.05) is 27.7 Å². The average molecular weight is 296 g/mol. The van der Waals surface area contributed by atoms with Crippen LogP contribution in [0.4, 0.5) is 4.79 Å². The maximum atomic E-state index is 13.0. The van der Waals surface area contributed by atoms with E-state index in [9.17, 15) is 9.59 Å². The van der Waals surface area contributed by atoms with Crippen molar-refractivity contribution >= 4 is 12.0 Å². The number of nitrogens with one attached hydrogen (secondary N) is 1. The van der Waals surface area contributed by atoms with E-state index in [4.69, 9.17) is 0 Å². The molecule has 2 bridgehead atoms. The van der Waals surface area contributed by atoms with Crippen molar-refractivity contribution in [2.24, 2.45) is 17.8 Å². The normalized spacial score (nSPS) is 29.1. The number of hydrogen-bond donors (Lipinski definition) is 1. The van der Waals surface area contributed by atoms with Crippen molar-refractivity contribution in [1.29, 1.82) is 0 Å². The third-order valence-corrected chi connectivity index (χ3v) is 4.97. The molecule has 1 aliphatic carbocycles. The summed E-state index contributed by atoms with van der Waals surface area (Å²) in [7, 11) is 1.33. The van der Waals surface area contributed by atoms with Crippen LogP contribution in [0.3, 0.4) is 0 Å². The van der Waals surface area contributed by atoms with E-state index < -0.39 is 12.1 Å². The van der Waals surface area contributed by atoms with Gasteiger partial charge in [-0.2, -0.15) is 0 Å². The fraction of sp³-hybridized carbons (Fsp3) is 0.875. The molecule has 1 unspecified atom stereocenters. The van der Waals surface area contributed by atoms with Crippen molar-refractivity contribution < 1.29 is 14.3 Å². The largest absolute Gasteiger partial charge is 0.453 e. The molecule has 1 saturated carbocycles. The molecule has 0 aromatic rings. The number of piperidine rings is 1. The second-order valence-electron chi connectivity index (χ2n) is 7.06. The van der Waals surface area contributed by atoms with E-state index in [1.165, 1.54) is 13.5 Å². The predicted octanol–water partition coefficient (Wildman–Crippen LogP) is 2.40. The van der Waals surface area contributed by atoms with Crippen LogP contribution >= 0.6 is 0 Å². The number of carbonyl (C=O) groups is 2. The number of alkyl carbamates (subject to hydrolysis) is 1. The van der Waals surface area contributed by atoms with E-state index in [-0.39, 0.29) is 11.8 Å². The number of rotatable bonds is 4. The van der Waals surface area contributed by atoms with E-state index in [1.54, 1.807) is 0 Å². The molecule has 2 aliphatic rings. The Hall–Kier alpha value is -1.26. The molecule has 2 fully saturated rings. The number of fused-ring (bicyclic) bond motifs is 2. The van der Waals surface area contributed by atoms with Crippen molar-refractivity contribution in [1.82, 2.24) is 10.2 Å². The smallest absolute Gasteiger partial charge is 0.407 e. The van der Waals surface area contributed by atoms with Crippen LogP contribution in [0.5, 0.6) is 0 Å². The fourth-order valence-electron chi connectivity index (χ4n) is 4.08. The maximum Gasteiger partial charge on any atom is 0.407 e. The molecule has 2 rings (SSSR count). The highest BCUT2D eigenvalue weighted by Gasteiger charge is 2.50. The summed E-state index contributed by atoms with van der Waals surface area (Å²) in [6.07, 6.45) is 2.92. The summed E-state index contributed by atoms with van der Waals surface area (Å²) in [5.41, 5.74) is 0. The minimum atomic E-state index is -0.535. The number of likely N-dealkylation sites (tertiary alicyclic amines) is 1. The van der Waals surface area contributed by atoms with Crippen molar-refractivity contribution in [3.05, 3.63) is 0 Å². The van der Waals surface area contributed by atoms with Crippen LogP contribution in [-0.2, 0) is 9.53 Å². The zero-order valence-corrected chi connectivity index (χ0v) is 13.8. The van der Waals surface area contributed by atoms with Gasteiger partial charge in [0.15, 0.2) is 0 Å². The molecule has 5 heteroatoms. The molecule has 21 heavy (non-hydrogen) atoms. The van der Waals surface area contributed by atoms with Crippen LogP contribution in [0.25, 0.3) is 0 Å². The zero-order chi connectivity index (χ0) is 15.7. The molecular formula is C16H28N2O3. The first-order valence-corrected chi connectivity index (χ1v) is 8.03. The van der Waals surface area contributed by atoms with Crippen LogP contribution in [0.1, 0.15) is 47.0 Å². The van der Waals surface area contributed by atoms with Crippen molar-refractivity contribution in [3.63, 3.8) is 0 Å². The van der Waals surface area contributed by atoms with Crippen molar-refractivity contribution in [2.45, 2.75) is 65.1 Å². The van der Waals surface area contributed by atoms with Crippen molar-refractivity contribution in [3.8, 4) is 0 Å². The highest BCUT2D eigenvalue weighted by atomic mass is 16.5. The molecule has 1 saturated heterocycles. The van der Waals surface area contributed by atoms with E-state index in [2.05, 4.69) is 28.8 Å². The van der Waals surface area contributed by atoms with Gasteiger partial charge in [-0.05, 0) is 37.0 Å². The minimum Gasteiger partial charge on any atom is -0.453 e. The molecular weight excluding hydrogens is 268 g/mol. The third kappa shape index (κ3) is 3.01. The number of nitrogens with zero attached hydrogens (tertiary/aromatic N) is 1. The van der Waals surface area contributed by atoms with Crippen LogP contribution in [0.15, 0.2) is 0 Å². The van der Waals surface area contributed by atoms with Crippen LogP contribution in [-0.4, -0.2) is 42.1 Å². The molecule has 5 nitrogen and oxygen atoms in total. The Bertz CT molecular complexity index is 408. The fourth-order valence-corrected chi connectivity index (χ4v) is 4.08. The lowest BCUT2D eigenvalue weighted by Gasteiger charge is -2.40. The third-order valence-electron chi connectivity index (χ3n) is 4.97. The SMILES string of the molecule is COC(=O)N[C@H](C(=O)N1C(C(C)C)[C@@H]2CC[C@@H]1C2)C(C)C. The summed E-state index contributed by atoms with van der Waals surface area (Å²) < 4.78 is 4.66. The lowest BCUT2D eigenvalue weighted by Crippen LogP contribution is -2.57. The molecule has 1 heterocycles. The second kappa shape index (κ2) is 6.24. The monoisotopic (exact) mass is 296 g/mol. The first kappa shape index (κ1) is 16.1. The molecule has 4 atom stereocenters. The lowest BCUT2D eigenvalue weighted by atomic mass is 9.88. The number of ether oxygens (including phenoxy) is 1. The average Bonchev–Trinajstić information content (AvgIpc) is 3.03. The van der Waals surface area contributed by atoms with E-state index in [0.29, 0.717) is 23.9 Å². The Balaban J connectivity index is 2.17. The first-order valence-electron chi connectivity index (χ1n) is 8.03. The van der Waals surface area contributed by atoms with Gasteiger partial charge in [0, 0.05) is 12.1 Å². The Morgan fingerprint density at radius 1 is 1.19 bits per heavy atom. The Morgan fingerprint density at radius 3 is 2.38 bits per heavy atom. The molecule has 120 valence electrons. The van der Waals surface area contributed by atoms with Gasteiger partial charge in [0.05, 0.1) is 7.11 Å². The first-order chi connectivity index (χ1) is 9.86. The van der Waals surface area contributed by atoms with E-state index in [0.717, 1.165) is 12.8 Å². The number of carbonyl (C=O) groups excluding carboxylic acids is 2. The highest BCUT2D eigenvalue weighted by molar-refractivity contribution is 5.86. The van der Waals surface area contributed by atoms with Crippen molar-refractivity contribution in [2.75, 3.05) is 7.11 Å². The van der Waals surface area contributed by atoms with Gasteiger partial charge in [0.2, 0.25) is 5.91 Å². The summed E-state index contributed by atoms with van der Waals surface area (Å²) >= 11 is 0. The number of methoxy groups -OCH3 is 1. The maximum absolute atomic E-state index is 13.0. The second-order valence-corrected chi connectivity index (χ2v) is 7.06. The molecule has 2 amide bonds. The van der Waals surface area contributed by atoms with Gasteiger partial charge in [-0.3, -0.25) is 4.79 Å². The topological polar surface area (TPSA) is 58.6 Å². The summed E-state index contributed by atoms with van der Waals surface area (Å²) in [4.78, 5) is 26.6. The van der Waals surface area contributed by atoms with Crippen LogP contribution in [0.2, 0.25) is 0 Å². The van der Waals surface area contributed by atoms with Crippen LogP contribution < -0.4 is 5.32 Å². The Kier molecular flexibility index (Phi) is 4.79. The van der Waals surface area contributed by atoms with Gasteiger partial charge >= 0.3 is 6.09 Å². The van der Waals surface area contributed by atoms with Crippen LogP contribution in [0, 0.1) is 17.8 Å². The van der Waals surface area contributed by atoms with E-state index >= 15 is 0 Å². The summed E-state index contributed by atoms with van der Waals surface area (Å²) in [5, 5.41) is 2.71. The Morgan fingerprint density at radius 2 is 1.86 bits per heavy atom. The Labute approximate surface area is 127 Å². The molecule has 1 N–H and O–H groups in total. The molecule has 1 aliphatic heterocycles. The summed E-state index contributed by atoms with van der Waals surface area (Å²) in [6.45, 7) is 8.28. The molecule has 0 aromatic heterocycles. The lowest BCUT2D eigenvalue weighted by molar-refractivity contribution is -0.140. The number of hydrogen-bond acceptors (Lipinski definition) is 3. The summed E-state index contributed by atoms with van der Waals surface area (Å²) in [5.74, 6) is 1.19. The van der Waals surface area contributed by atoms with Gasteiger partial charge in [-0.25, -0.2) is 4.79 Å². The summed E-state index contributed by atoms with van der Waals surface area (Å²) in [6, 6.07) is 0.172. The van der Waals surface area contributed by atoms with E-state index in [1.807, 2.05) is 13.8 Å². The molecule has 0 aromatic carbocycles. The van der Waals surface area contributed by atoms with Gasteiger partial charge < -0.3 is 15.0 Å². The standard InChI is InChI=1S/C16H28N2O3/c1-9(2)13(17-16(20)21-5)15(19)18-12-7-6-11(8-12)14(18)10(3)4/h9-14H,6-8H2,1-5H3,(H,17,20)/t11-,12-,13+,14?/m1/s1. The van der Waals surface area contributed by atoms with Gasteiger partial charge in [-0.15, -0.1) is 0 Å². The quantitative estimate of drug-likeness (QED) is 0.866. The predicted molar refractivity (Wildman–Crippen MR) is 80.8 cm³/mol. The van der Waals surface area contributed by atoms with Gasteiger partial charge in [0.25, 0.3) is 0 Å². The minimum absolute atomic E-state index is 0.0449. The zero-order valence-electron chi connectivity index (χ0n) is 13.8. The van der Waals surface area contributed by atoms with Gasteiger partial charge in [0.1, 0.15) is 6.04 Å². The molecule has 0 spiro atoms. The molecule has 0 radical (unpaired) electrons. The number of amides is 2.